The average Bonchev–Trinajstić information content (AvgIpc) is 3.34. The van der Waals surface area contributed by atoms with Crippen LogP contribution < -0.4 is 10.6 Å². The lowest BCUT2D eigenvalue weighted by Crippen LogP contribution is -2.63. The number of allylic oxidation sites excluding steroid dienone is 12. The molecule has 3 heterocycles. The lowest BCUT2D eigenvalue weighted by molar-refractivity contribution is -0.299. The van der Waals surface area contributed by atoms with Crippen molar-refractivity contribution in [3.05, 3.63) is 110 Å². The lowest BCUT2D eigenvalue weighted by atomic mass is 9.86. The van der Waals surface area contributed by atoms with Crippen LogP contribution >= 0.6 is 0 Å². The molecule has 0 aromatic carbocycles. The van der Waals surface area contributed by atoms with Crippen LogP contribution in [0.15, 0.2) is 110 Å². The summed E-state index contributed by atoms with van der Waals surface area (Å²) < 4.78 is 39.0. The maximum atomic E-state index is 12.9. The minimum atomic E-state index is -2.38. The predicted molar refractivity (Wildman–Crippen MR) is 271 cm³/mol. The molecule has 420 valence electrons. The van der Waals surface area contributed by atoms with Crippen molar-refractivity contribution in [1.29, 1.82) is 0 Å². The number of fused-ring (bicyclic) bond motifs is 2. The summed E-state index contributed by atoms with van der Waals surface area (Å²) in [5, 5.41) is 104. The topological polar surface area (TPSA) is 339 Å². The molecule has 2 saturated heterocycles. The van der Waals surface area contributed by atoms with E-state index in [1.165, 1.54) is 18.2 Å². The summed E-state index contributed by atoms with van der Waals surface area (Å²) in [5.41, 5.74) is 0. The number of amides is 2. The molecule has 22 heteroatoms. The van der Waals surface area contributed by atoms with Crippen molar-refractivity contribution in [2.24, 2.45) is 5.92 Å². The Bertz CT molecular complexity index is 1970. The number of carbonyl (C=O) groups is 4. The molecule has 0 aromatic rings. The third-order valence-corrected chi connectivity index (χ3v) is 12.1. The van der Waals surface area contributed by atoms with Gasteiger partial charge in [-0.15, -0.1) is 0 Å². The maximum Gasteiger partial charge on any atom is 0.508 e. The third kappa shape index (κ3) is 24.5. The van der Waals surface area contributed by atoms with Crippen LogP contribution in [0.25, 0.3) is 0 Å². The van der Waals surface area contributed by atoms with Gasteiger partial charge >= 0.3 is 18.2 Å². The van der Waals surface area contributed by atoms with Crippen molar-refractivity contribution in [1.82, 2.24) is 10.6 Å². The fourth-order valence-electron chi connectivity index (χ4n) is 8.31. The summed E-state index contributed by atoms with van der Waals surface area (Å²) in [4.78, 5) is 50.0. The van der Waals surface area contributed by atoms with Crippen LogP contribution in [0, 0.1) is 5.92 Å². The van der Waals surface area contributed by atoms with Crippen LogP contribution in [0.4, 0.5) is 9.59 Å². The molecule has 11 N–H and O–H groups in total. The molecule has 0 aliphatic carbocycles. The molecule has 75 heavy (non-hydrogen) atoms. The fourth-order valence-corrected chi connectivity index (χ4v) is 8.31. The quantitative estimate of drug-likeness (QED) is 0.0643. The van der Waals surface area contributed by atoms with Crippen LogP contribution in [-0.2, 0) is 42.7 Å². The number of carbonyl (C=O) groups excluding carboxylic acids is 4. The zero-order valence-corrected chi connectivity index (χ0v) is 42.5. The van der Waals surface area contributed by atoms with E-state index in [0.29, 0.717) is 6.41 Å². The molecule has 0 unspecified atom stereocenters. The Labute approximate surface area is 437 Å². The number of hydrogen-bond acceptors (Lipinski definition) is 20. The highest BCUT2D eigenvalue weighted by atomic mass is 16.7. The largest absolute Gasteiger partial charge is 0.508 e. The van der Waals surface area contributed by atoms with Gasteiger partial charge < -0.3 is 89.8 Å². The Balaban J connectivity index is 1.99. The Kier molecular flexibility index (Phi) is 29.3. The van der Waals surface area contributed by atoms with Gasteiger partial charge in [0.1, 0.15) is 37.6 Å². The molecule has 0 saturated carbocycles. The van der Waals surface area contributed by atoms with Gasteiger partial charge in [0.2, 0.25) is 6.41 Å². The van der Waals surface area contributed by atoms with Gasteiger partial charge in [0, 0.05) is 38.0 Å². The second-order valence-corrected chi connectivity index (χ2v) is 18.6. The van der Waals surface area contributed by atoms with Crippen molar-refractivity contribution < 1.29 is 98.3 Å². The molecule has 3 aliphatic heterocycles. The van der Waals surface area contributed by atoms with E-state index in [9.17, 15) is 65.1 Å². The molecular weight excluding hydrogens is 985 g/mol. The van der Waals surface area contributed by atoms with Crippen molar-refractivity contribution in [2.45, 2.75) is 169 Å². The van der Waals surface area contributed by atoms with E-state index in [0.717, 1.165) is 0 Å². The number of alkyl carbamates (subject to hydrolysis) is 1. The highest BCUT2D eigenvalue weighted by molar-refractivity contribution is 5.70. The highest BCUT2D eigenvalue weighted by Gasteiger charge is 2.50. The Hall–Kier alpha value is -5.34. The standard InChI is InChI=1S/C53H78N2O20/c1-5-23-69-51(66)55-47-43(63)32-71-50(49(47)65)73-39-20-18-16-14-12-10-8-7-9-11-13-15-17-19-34(3)41(61)25-35(4)72-46(64)28-37(58)26-36(57)21-22-40(60)42(62)27-38(59)30-53(68)31-45(74-52(67)70-24-6-2)48(54-33-56)44(29-39)75-53/h5-20,33-45,47-50,57-63,65,68H,1-2,21-32H2,3-4H3,(H,54,56)(H,55,66)/b8-7+,11-9+,12-10+,15-13+,16-14+,19-17+,20-18+/t34-,35-,36+,37+,38-,39-,40+,41-,42+,43+,44-,45-,47-,48-,49-,50-,53+/m0/s1. The first-order valence-electron chi connectivity index (χ1n) is 25.0. The normalized spacial score (nSPS) is 38.5. The summed E-state index contributed by atoms with van der Waals surface area (Å²) in [6, 6.07) is -2.57. The molecule has 2 bridgehead atoms. The molecule has 2 amide bonds. The molecule has 2 fully saturated rings. The molecule has 0 radical (unpaired) electrons. The highest BCUT2D eigenvalue weighted by Crippen LogP contribution is 2.36. The average molecular weight is 1060 g/mol. The van der Waals surface area contributed by atoms with Gasteiger partial charge in [-0.25, -0.2) is 9.59 Å². The molecule has 0 aromatic heterocycles. The number of aliphatic hydroxyl groups is 9. The minimum Gasteiger partial charge on any atom is -0.462 e. The molecule has 17 atom stereocenters. The minimum absolute atomic E-state index is 0.131. The first kappa shape index (κ1) is 63.9. The molecule has 3 rings (SSSR count). The number of hydrogen-bond donors (Lipinski definition) is 11. The van der Waals surface area contributed by atoms with Gasteiger partial charge in [-0.3, -0.25) is 9.59 Å². The fraction of sp³-hybridized carbons (Fsp3) is 0.585. The lowest BCUT2D eigenvalue weighted by Gasteiger charge is -2.47. The van der Waals surface area contributed by atoms with Gasteiger partial charge in [-0.1, -0.05) is 117 Å². The number of aliphatic hydroxyl groups excluding tert-OH is 8. The smallest absolute Gasteiger partial charge is 0.462 e. The van der Waals surface area contributed by atoms with Crippen molar-refractivity contribution in [3.63, 3.8) is 0 Å². The third-order valence-electron chi connectivity index (χ3n) is 12.1. The molecular formula is C53H78N2O20. The Morgan fingerprint density at radius 2 is 1.33 bits per heavy atom. The van der Waals surface area contributed by atoms with Crippen LogP contribution in [0.3, 0.4) is 0 Å². The second kappa shape index (κ2) is 34.3. The van der Waals surface area contributed by atoms with E-state index in [-0.39, 0.29) is 51.2 Å². The molecule has 0 spiro atoms. The zero-order valence-electron chi connectivity index (χ0n) is 42.5. The second-order valence-electron chi connectivity index (χ2n) is 18.6. The van der Waals surface area contributed by atoms with Crippen LogP contribution in [0.5, 0.6) is 0 Å². The number of nitrogens with one attached hydrogen (secondary N) is 2. The summed E-state index contributed by atoms with van der Waals surface area (Å²) in [5.74, 6) is -3.40. The first-order valence-corrected chi connectivity index (χ1v) is 25.0. The Morgan fingerprint density at radius 3 is 1.96 bits per heavy atom. The molecule has 3 aliphatic rings. The summed E-state index contributed by atoms with van der Waals surface area (Å²) >= 11 is 0. The summed E-state index contributed by atoms with van der Waals surface area (Å²) in [6.07, 6.45) is 4.57. The van der Waals surface area contributed by atoms with Gasteiger partial charge in [-0.05, 0) is 26.2 Å². The summed E-state index contributed by atoms with van der Waals surface area (Å²) in [7, 11) is 0. The van der Waals surface area contributed by atoms with Crippen LogP contribution in [-0.4, -0.2) is 188 Å². The summed E-state index contributed by atoms with van der Waals surface area (Å²) in [6.45, 7) is 9.57. The first-order chi connectivity index (χ1) is 35.8. The zero-order chi connectivity index (χ0) is 55.3. The van der Waals surface area contributed by atoms with E-state index >= 15 is 0 Å². The number of rotatable bonds is 10. The van der Waals surface area contributed by atoms with E-state index in [1.807, 2.05) is 6.92 Å². The van der Waals surface area contributed by atoms with Gasteiger partial charge in [0.05, 0.1) is 73.9 Å². The van der Waals surface area contributed by atoms with Crippen molar-refractivity contribution in [3.8, 4) is 0 Å². The van der Waals surface area contributed by atoms with E-state index in [2.05, 4.69) is 23.8 Å². The number of cyclic esters (lactones) is 1. The predicted octanol–water partition coefficient (Wildman–Crippen LogP) is 1.79. The number of esters is 1. The maximum absolute atomic E-state index is 12.9. The van der Waals surface area contributed by atoms with Gasteiger partial charge in [0.25, 0.3) is 0 Å². The van der Waals surface area contributed by atoms with Crippen molar-refractivity contribution >= 4 is 24.6 Å². The van der Waals surface area contributed by atoms with Gasteiger partial charge in [0.15, 0.2) is 12.1 Å². The molecule has 22 nitrogen and oxygen atoms in total. The van der Waals surface area contributed by atoms with Crippen LogP contribution in [0.2, 0.25) is 0 Å². The number of ether oxygens (including phenoxy) is 7. The Morgan fingerprint density at radius 1 is 0.720 bits per heavy atom. The monoisotopic (exact) mass is 1060 g/mol. The van der Waals surface area contributed by atoms with E-state index in [4.69, 9.17) is 33.2 Å². The van der Waals surface area contributed by atoms with Crippen molar-refractivity contribution in [2.75, 3.05) is 19.8 Å². The van der Waals surface area contributed by atoms with E-state index < -0.39 is 148 Å². The SMILES string of the molecule is C=CCOC(=O)N[C@@H]1[C@H](O)[C@H](O[C@H]2/C=C/C=C/C=C/C=C/C=C/C=C/C=C/[C@H](C)[C@@H](O)C[C@H](C)OC(=O)C[C@H](O)C[C@H](O)CC[C@@H](O)[C@H](O)C[C@H](O)C[C@]3(O)C[C@H](OC(=O)OCC=C)[C@@H](NC=O)[C@H](C2)O3)OC[C@H]1O. The van der Waals surface area contributed by atoms with Gasteiger partial charge in [-0.2, -0.15) is 0 Å². The van der Waals surface area contributed by atoms with Crippen LogP contribution in [0.1, 0.15) is 71.6 Å². The van der Waals surface area contributed by atoms with E-state index in [1.54, 1.807) is 85.9 Å².